The first kappa shape index (κ1) is 117. The van der Waals surface area contributed by atoms with Gasteiger partial charge >= 0.3 is 48.7 Å². The molecular weight excluding hydrogens is 1970 g/mol. The molecule has 5 aliphatic rings. The number of Topliss-reactive ketones (excluding diaryl/α,β-unsaturated/α-hetero) is 1. The number of cyclic esters (lactones) is 3. The van der Waals surface area contributed by atoms with Gasteiger partial charge < -0.3 is 83.8 Å². The van der Waals surface area contributed by atoms with E-state index in [2.05, 4.69) is 35.5 Å². The van der Waals surface area contributed by atoms with Crippen LogP contribution >= 0.6 is 81.2 Å². The van der Waals surface area contributed by atoms with Crippen LogP contribution in [0.15, 0.2) is 243 Å². The van der Waals surface area contributed by atoms with E-state index in [4.69, 9.17) is 144 Å². The fraction of sp³-hybridized carbons (Fsp3) is 0.252. The minimum absolute atomic E-state index is 0. The summed E-state index contributed by atoms with van der Waals surface area (Å²) in [5, 5.41) is 33.0. The van der Waals surface area contributed by atoms with Crippen molar-refractivity contribution in [1.29, 1.82) is 0 Å². The zero-order valence-electron chi connectivity index (χ0n) is 81.5. The molecule has 1 saturated heterocycles. The Labute approximate surface area is 879 Å². The van der Waals surface area contributed by atoms with E-state index >= 15 is 0 Å². The molecule has 0 spiro atoms. The van der Waals surface area contributed by atoms with E-state index in [1.54, 1.807) is 136 Å². The topological polar surface area (TPSA) is 317 Å². The van der Waals surface area contributed by atoms with Crippen LogP contribution in [-0.4, -0.2) is 140 Å². The first-order valence-corrected chi connectivity index (χ1v) is 46.9. The summed E-state index contributed by atoms with van der Waals surface area (Å²) in [7, 11) is 15.8. The number of fused-ring (bicyclic) bond motifs is 4. The summed E-state index contributed by atoms with van der Waals surface area (Å²) < 4.78 is 67.8. The fourth-order valence-electron chi connectivity index (χ4n) is 15.1. The fourth-order valence-corrected chi connectivity index (χ4v) is 16.3. The number of rotatable bonds is 22. The van der Waals surface area contributed by atoms with E-state index in [0.717, 1.165) is 116 Å². The van der Waals surface area contributed by atoms with Crippen molar-refractivity contribution >= 4 is 134 Å². The van der Waals surface area contributed by atoms with Crippen molar-refractivity contribution in [1.82, 2.24) is 0 Å². The van der Waals surface area contributed by atoms with Gasteiger partial charge in [0.1, 0.15) is 18.3 Å². The van der Waals surface area contributed by atoms with Crippen molar-refractivity contribution in [2.75, 3.05) is 71.1 Å². The Bertz CT molecular complexity index is 6350. The molecule has 17 rings (SSSR count). The number of para-hydroxylation sites is 6. The Balaban J connectivity index is 0.000000221. The third-order valence-electron chi connectivity index (χ3n) is 21.9. The number of esters is 3. The third kappa shape index (κ3) is 33.7. The molecule has 2 heterocycles. The van der Waals surface area contributed by atoms with E-state index in [-0.39, 0.29) is 73.2 Å². The molecule has 0 bridgehead atoms. The maximum atomic E-state index is 12.9. The van der Waals surface area contributed by atoms with Gasteiger partial charge in [-0.25, -0.2) is 0 Å². The number of aryl methyl sites for hydroxylation is 3. The molecule has 143 heavy (non-hydrogen) atoms. The van der Waals surface area contributed by atoms with Crippen molar-refractivity contribution < 1.29 is 134 Å². The number of halogens is 7. The van der Waals surface area contributed by atoms with Gasteiger partial charge in [0.15, 0.2) is 75.2 Å². The number of hydrogen-bond acceptors (Lipinski definition) is 22. The first-order chi connectivity index (χ1) is 68.0. The predicted octanol–water partition coefficient (Wildman–Crippen LogP) is 22.2. The van der Waals surface area contributed by atoms with Crippen LogP contribution in [0.1, 0.15) is 169 Å². The van der Waals surface area contributed by atoms with Crippen molar-refractivity contribution in [3.05, 3.63) is 374 Å². The second-order valence-electron chi connectivity index (χ2n) is 31.7. The molecule has 748 valence electrons. The van der Waals surface area contributed by atoms with Crippen LogP contribution in [-0.2, 0) is 82.3 Å². The van der Waals surface area contributed by atoms with Crippen molar-refractivity contribution in [3.8, 4) is 57.5 Å². The number of aldehydes is 1. The van der Waals surface area contributed by atoms with Crippen LogP contribution in [0.4, 0.5) is 0 Å². The summed E-state index contributed by atoms with van der Waals surface area (Å²) in [6.45, 7) is 8.75. The molecule has 32 heteroatoms. The van der Waals surface area contributed by atoms with Crippen molar-refractivity contribution in [2.45, 2.75) is 115 Å². The van der Waals surface area contributed by atoms with E-state index in [1.165, 1.54) is 57.7 Å². The Kier molecular flexibility index (Phi) is 47.7. The van der Waals surface area contributed by atoms with Gasteiger partial charge in [-0.15, -0.1) is 0 Å². The molecular formula is C111H110Cl7LiO24. The number of benzene rings is 12. The van der Waals surface area contributed by atoms with Crippen LogP contribution in [0.3, 0.4) is 0 Å². The van der Waals surface area contributed by atoms with Crippen LogP contribution < -0.4 is 66.2 Å². The van der Waals surface area contributed by atoms with Gasteiger partial charge in [-0.3, -0.25) is 38.4 Å². The van der Waals surface area contributed by atoms with Gasteiger partial charge in [0.05, 0.1) is 89.5 Å². The van der Waals surface area contributed by atoms with Gasteiger partial charge in [0, 0.05) is 101 Å². The standard InChI is InChI=1S/C17H15ClO5.C17H15ClO4.C17H17ClO3.C17H15ClO2.C9H9ClO2.C9H7ClO.C8H10O2.C7H5ClO.C6H8O4.C4H9.Li/c1-22-14-5-3-4-12(17(14)23-2)16(21)13-9-11(18)7-6-10(13)8-15(19)20;1-20-14-5-3-4-12(17(14)21-2)16-13-9-11(18)7-6-10(13)8-15(19)22-16;1-20-15-5-3-4-13(16(15)21-2)17(19)9-8-11-6-7-12(18)10-14(11)17;1-19-16-5-3-4-14(17(16)20-2)13-9-7-11-6-8-12(18)10-15(11)13;10-8-4-1-7(2-5-8)3-6-9(11)12;10-7-3-1-6-2-4-9(11)8(6)5-7;1-9-7-5-3-4-6-8(7)10-2;8-7-3-1-6(5-9)2-4-7;1-6(2)9-4(7)3-5(8)10-6;1-3-4-2;/h3-7,9H,8H2,1-2H3,(H,19,20);3-7,9,16H,8H2,1-2H3;3-7,10,19H,8-9H2,1-2H3;3-6,8-10H,7H2,1-2H3;1-2,4-5H,3,6H2,(H,11,12);1,3,5H,2,4H2;3-6H,1-2H3;1-5H;3H2,1-2H3;1,3-4H2,2H3;/q;;;;;;;;;-1;+1. The number of ketones is 2. The molecule has 2 unspecified atom stereocenters. The Morgan fingerprint density at radius 2 is 0.902 bits per heavy atom. The van der Waals surface area contributed by atoms with E-state index in [0.29, 0.717) is 101 Å². The second-order valence-corrected chi connectivity index (χ2v) is 34.8. The molecule has 3 aliphatic carbocycles. The molecule has 12 aromatic rings. The summed E-state index contributed by atoms with van der Waals surface area (Å²) in [6, 6.07) is 70.6. The number of aliphatic carboxylic acids is 2. The summed E-state index contributed by atoms with van der Waals surface area (Å²) >= 11 is 41.2. The maximum Gasteiger partial charge on any atom is 1.00 e. The predicted molar refractivity (Wildman–Crippen MR) is 552 cm³/mol. The number of allylic oxidation sites excluding steroid dienone is 1. The number of aliphatic hydroxyl groups is 1. The van der Waals surface area contributed by atoms with E-state index < -0.39 is 41.4 Å². The number of carboxylic acid groups (broad SMARTS) is 2. The van der Waals surface area contributed by atoms with Crippen molar-refractivity contribution in [2.24, 2.45) is 0 Å². The zero-order chi connectivity index (χ0) is 104. The van der Waals surface area contributed by atoms with Crippen LogP contribution in [0.5, 0.6) is 57.5 Å². The summed E-state index contributed by atoms with van der Waals surface area (Å²) in [5.74, 6) is 1.70. The summed E-state index contributed by atoms with van der Waals surface area (Å²) in [6.07, 6.45) is 9.00. The number of carbonyl (C=O) groups excluding carboxylic acids is 6. The quantitative estimate of drug-likeness (QED) is 0.0142. The number of carbonyl (C=O) groups is 8. The van der Waals surface area contributed by atoms with Crippen LogP contribution in [0.25, 0.3) is 5.57 Å². The molecule has 3 N–H and O–H groups in total. The van der Waals surface area contributed by atoms with Gasteiger partial charge in [-0.2, -0.15) is 6.42 Å². The molecule has 2 aliphatic heterocycles. The van der Waals surface area contributed by atoms with E-state index in [9.17, 15) is 43.5 Å². The monoisotopic (exact) mass is 2080 g/mol. The van der Waals surface area contributed by atoms with Crippen LogP contribution in [0, 0.1) is 6.92 Å². The number of hydrogen-bond donors (Lipinski definition) is 3. The number of ether oxygens (including phenoxy) is 13. The van der Waals surface area contributed by atoms with Gasteiger partial charge in [0.25, 0.3) is 5.79 Å². The average molecular weight is 2080 g/mol. The zero-order valence-corrected chi connectivity index (χ0v) is 86.8. The number of methoxy groups -OCH3 is 10. The molecule has 24 nitrogen and oxygen atoms in total. The largest absolute Gasteiger partial charge is 1.00 e. The van der Waals surface area contributed by atoms with Gasteiger partial charge in [-0.05, 0) is 210 Å². The molecule has 0 radical (unpaired) electrons. The Morgan fingerprint density at radius 3 is 1.44 bits per heavy atom. The third-order valence-corrected chi connectivity index (χ3v) is 23.6. The SMILES string of the molecule is CC1(C)OC(=O)CC(=O)O1.COc1cccc(C(=O)c2cc(Cl)ccc2CC(=O)O)c1OC.COc1cccc(C2(O)CCc3ccc(Cl)cc32)c1OC.COc1cccc(C2=CCc3ccc(Cl)cc32)c1OC.COc1cccc(C2OC(=O)Cc3ccc(Cl)cc32)c1OC.COc1ccccc1OC.O=C(O)CCc1ccc(Cl)cc1.O=C1CCc2ccc(Cl)cc21.O=Cc1ccc(Cl)cc1.[CH2-]CCC.[Li+]. The van der Waals surface area contributed by atoms with Gasteiger partial charge in [0.2, 0.25) is 0 Å². The average Bonchev–Trinajstić information content (AvgIpc) is 1.61. The molecule has 2 atom stereocenters. The minimum Gasteiger partial charge on any atom is -0.493 e. The maximum absolute atomic E-state index is 12.9. The van der Waals surface area contributed by atoms with Gasteiger partial charge in [-0.1, -0.05) is 210 Å². The Hall–Kier alpha value is -12.7. The molecule has 0 aromatic heterocycles. The van der Waals surface area contributed by atoms with Crippen molar-refractivity contribution in [3.63, 3.8) is 0 Å². The smallest absolute Gasteiger partial charge is 0.493 e. The molecule has 0 saturated carbocycles. The Morgan fingerprint density at radius 1 is 0.434 bits per heavy atom. The second kappa shape index (κ2) is 58.2. The number of unbranched alkanes of at least 4 members (excludes halogenated alkanes) is 1. The summed E-state index contributed by atoms with van der Waals surface area (Å²) in [5.41, 5.74) is 13.2. The van der Waals surface area contributed by atoms with E-state index in [1.807, 2.05) is 140 Å². The summed E-state index contributed by atoms with van der Waals surface area (Å²) in [4.78, 5) is 88.4. The molecule has 0 amide bonds. The van der Waals surface area contributed by atoms with Crippen LogP contribution in [0.2, 0.25) is 35.2 Å². The normalized spacial score (nSPS) is 14.0. The molecule has 12 aromatic carbocycles. The first-order valence-electron chi connectivity index (χ1n) is 44.3. The number of carboxylic acids is 2. The minimum atomic E-state index is -1.10. The molecule has 1 fully saturated rings.